The number of aryl methyl sites for hydroxylation is 1. The molecule has 0 radical (unpaired) electrons. The van der Waals surface area contributed by atoms with Gasteiger partial charge in [-0.05, 0) is 49.4 Å². The molecule has 4 rings (SSSR count). The van der Waals surface area contributed by atoms with E-state index in [0.717, 1.165) is 4.90 Å². The van der Waals surface area contributed by atoms with E-state index in [2.05, 4.69) is 4.98 Å². The molecule has 160 valence electrons. The average Bonchev–Trinajstić information content (AvgIpc) is 2.80. The number of fused-ring (bicyclic) bond motifs is 1. The van der Waals surface area contributed by atoms with Crippen molar-refractivity contribution in [1.29, 1.82) is 0 Å². The number of carbonyl (C=O) groups excluding carboxylic acids is 1. The Bertz CT molecular complexity index is 1290. The quantitative estimate of drug-likeness (QED) is 0.459. The minimum Gasteiger partial charge on any atom is -0.505 e. The molecule has 0 bridgehead atoms. The predicted octanol–water partition coefficient (Wildman–Crippen LogP) is 4.77. The van der Waals surface area contributed by atoms with Crippen molar-refractivity contribution in [2.75, 3.05) is 11.4 Å². The van der Waals surface area contributed by atoms with Gasteiger partial charge in [-0.2, -0.15) is 0 Å². The second-order valence-corrected chi connectivity index (χ2v) is 7.14. The SMILES string of the molecule is Cc1nc(C(=O)N(CC(=O)O)c2ccccc2)c(O)c2ccc(Oc3ccccc3)cc12. The molecule has 3 aromatic carbocycles. The van der Waals surface area contributed by atoms with E-state index in [1.807, 2.05) is 30.3 Å². The number of carboxylic acid groups (broad SMARTS) is 1. The van der Waals surface area contributed by atoms with Gasteiger partial charge in [-0.25, -0.2) is 4.98 Å². The van der Waals surface area contributed by atoms with Crippen LogP contribution >= 0.6 is 0 Å². The molecule has 2 N–H and O–H groups in total. The third kappa shape index (κ3) is 4.22. The fourth-order valence-electron chi connectivity index (χ4n) is 3.43. The third-order valence-corrected chi connectivity index (χ3v) is 4.93. The van der Waals surface area contributed by atoms with Crippen LogP contribution in [0, 0.1) is 6.92 Å². The number of nitrogens with zero attached hydrogens (tertiary/aromatic N) is 2. The Labute approximate surface area is 184 Å². The van der Waals surface area contributed by atoms with Gasteiger partial charge in [-0.3, -0.25) is 14.5 Å². The second-order valence-electron chi connectivity index (χ2n) is 7.14. The molecule has 32 heavy (non-hydrogen) atoms. The minimum absolute atomic E-state index is 0.211. The van der Waals surface area contributed by atoms with Crippen LogP contribution in [-0.2, 0) is 4.79 Å². The first-order valence-electron chi connectivity index (χ1n) is 9.89. The fraction of sp³-hybridized carbons (Fsp3) is 0.0800. The zero-order chi connectivity index (χ0) is 22.7. The van der Waals surface area contributed by atoms with E-state index in [1.54, 1.807) is 55.5 Å². The summed E-state index contributed by atoms with van der Waals surface area (Å²) in [4.78, 5) is 30.0. The average molecular weight is 428 g/mol. The Kier molecular flexibility index (Phi) is 5.72. The molecule has 0 unspecified atom stereocenters. The Hall–Kier alpha value is -4.39. The Balaban J connectivity index is 1.74. The highest BCUT2D eigenvalue weighted by atomic mass is 16.5. The first-order valence-corrected chi connectivity index (χ1v) is 9.89. The number of hydrogen-bond donors (Lipinski definition) is 2. The highest BCUT2D eigenvalue weighted by Crippen LogP contribution is 2.34. The Morgan fingerprint density at radius 3 is 2.22 bits per heavy atom. The van der Waals surface area contributed by atoms with E-state index in [0.29, 0.717) is 33.7 Å². The number of rotatable bonds is 6. The number of carboxylic acids is 1. The number of pyridine rings is 1. The van der Waals surface area contributed by atoms with E-state index < -0.39 is 18.4 Å². The van der Waals surface area contributed by atoms with Crippen LogP contribution in [0.5, 0.6) is 17.2 Å². The lowest BCUT2D eigenvalue weighted by Crippen LogP contribution is -2.36. The highest BCUT2D eigenvalue weighted by Gasteiger charge is 2.26. The van der Waals surface area contributed by atoms with Crippen molar-refractivity contribution in [3.8, 4) is 17.2 Å². The predicted molar refractivity (Wildman–Crippen MR) is 120 cm³/mol. The summed E-state index contributed by atoms with van der Waals surface area (Å²) in [6.45, 7) is 1.15. The number of amides is 1. The zero-order valence-electron chi connectivity index (χ0n) is 17.2. The van der Waals surface area contributed by atoms with Crippen LogP contribution in [0.15, 0.2) is 78.9 Å². The fourth-order valence-corrected chi connectivity index (χ4v) is 3.43. The number of aliphatic carboxylic acids is 1. The van der Waals surface area contributed by atoms with Gasteiger partial charge in [-0.1, -0.05) is 36.4 Å². The van der Waals surface area contributed by atoms with Crippen LogP contribution in [0.1, 0.15) is 16.2 Å². The van der Waals surface area contributed by atoms with Crippen LogP contribution in [0.25, 0.3) is 10.8 Å². The zero-order valence-corrected chi connectivity index (χ0v) is 17.2. The van der Waals surface area contributed by atoms with Gasteiger partial charge >= 0.3 is 5.97 Å². The largest absolute Gasteiger partial charge is 0.505 e. The van der Waals surface area contributed by atoms with E-state index in [1.165, 1.54) is 0 Å². The standard InChI is InChI=1S/C25H20N2O5/c1-16-21-14-19(32-18-10-6-3-7-11-18)12-13-20(21)24(30)23(26-16)25(31)27(15-22(28)29)17-8-4-2-5-9-17/h2-14,30H,15H2,1H3,(H,28,29). The number of ether oxygens (including phenoxy) is 1. The van der Waals surface area contributed by atoms with E-state index in [9.17, 15) is 19.8 Å². The number of aromatic hydroxyl groups is 1. The van der Waals surface area contributed by atoms with Gasteiger partial charge in [0.15, 0.2) is 11.4 Å². The highest BCUT2D eigenvalue weighted by molar-refractivity contribution is 6.11. The van der Waals surface area contributed by atoms with Gasteiger partial charge < -0.3 is 14.9 Å². The van der Waals surface area contributed by atoms with Gasteiger partial charge in [0.05, 0.1) is 0 Å². The first-order chi connectivity index (χ1) is 15.4. The molecule has 1 aromatic heterocycles. The molecule has 0 atom stereocenters. The molecule has 7 heteroatoms. The lowest BCUT2D eigenvalue weighted by molar-refractivity contribution is -0.135. The normalized spacial score (nSPS) is 10.7. The molecule has 1 heterocycles. The molecule has 7 nitrogen and oxygen atoms in total. The van der Waals surface area contributed by atoms with Crippen molar-refractivity contribution < 1.29 is 24.5 Å². The van der Waals surface area contributed by atoms with Gasteiger partial charge in [-0.15, -0.1) is 0 Å². The van der Waals surface area contributed by atoms with E-state index in [-0.39, 0.29) is 11.4 Å². The minimum atomic E-state index is -1.18. The molecular formula is C25H20N2O5. The second kappa shape index (κ2) is 8.77. The number of carbonyl (C=O) groups is 2. The molecule has 0 saturated carbocycles. The summed E-state index contributed by atoms with van der Waals surface area (Å²) in [5.41, 5.74) is 0.685. The summed E-state index contributed by atoms with van der Waals surface area (Å²) < 4.78 is 5.85. The van der Waals surface area contributed by atoms with Gasteiger partial charge in [0.2, 0.25) is 0 Å². The monoisotopic (exact) mass is 428 g/mol. The van der Waals surface area contributed by atoms with E-state index in [4.69, 9.17) is 4.74 Å². The molecule has 0 aliphatic carbocycles. The molecular weight excluding hydrogens is 408 g/mol. The maximum absolute atomic E-state index is 13.2. The number of para-hydroxylation sites is 2. The van der Waals surface area contributed by atoms with Crippen molar-refractivity contribution in [3.63, 3.8) is 0 Å². The Morgan fingerprint density at radius 1 is 0.906 bits per heavy atom. The number of aromatic nitrogens is 1. The van der Waals surface area contributed by atoms with Crippen molar-refractivity contribution in [1.82, 2.24) is 4.98 Å². The lowest BCUT2D eigenvalue weighted by atomic mass is 10.1. The molecule has 0 aliphatic heterocycles. The number of hydrogen-bond acceptors (Lipinski definition) is 5. The first kappa shape index (κ1) is 20.9. The molecule has 1 amide bonds. The Morgan fingerprint density at radius 2 is 1.56 bits per heavy atom. The maximum Gasteiger partial charge on any atom is 0.323 e. The van der Waals surface area contributed by atoms with Crippen LogP contribution in [0.4, 0.5) is 5.69 Å². The molecule has 0 fully saturated rings. The van der Waals surface area contributed by atoms with Crippen molar-refractivity contribution in [2.24, 2.45) is 0 Å². The third-order valence-electron chi connectivity index (χ3n) is 4.93. The molecule has 4 aromatic rings. The summed E-state index contributed by atoms with van der Waals surface area (Å²) in [5, 5.41) is 21.2. The van der Waals surface area contributed by atoms with E-state index >= 15 is 0 Å². The van der Waals surface area contributed by atoms with Gasteiger partial charge in [0, 0.05) is 22.2 Å². The molecule has 0 spiro atoms. The van der Waals surface area contributed by atoms with Crippen LogP contribution in [0.3, 0.4) is 0 Å². The summed E-state index contributed by atoms with van der Waals surface area (Å²) in [7, 11) is 0. The van der Waals surface area contributed by atoms with Crippen LogP contribution < -0.4 is 9.64 Å². The summed E-state index contributed by atoms with van der Waals surface area (Å²) in [6, 6.07) is 22.8. The lowest BCUT2D eigenvalue weighted by Gasteiger charge is -2.21. The maximum atomic E-state index is 13.2. The van der Waals surface area contributed by atoms with Gasteiger partial charge in [0.25, 0.3) is 5.91 Å². The topological polar surface area (TPSA) is 100.0 Å². The van der Waals surface area contributed by atoms with Crippen LogP contribution in [0.2, 0.25) is 0 Å². The smallest absolute Gasteiger partial charge is 0.323 e. The van der Waals surface area contributed by atoms with Crippen molar-refractivity contribution >= 4 is 28.3 Å². The molecule has 0 saturated heterocycles. The van der Waals surface area contributed by atoms with Crippen molar-refractivity contribution in [2.45, 2.75) is 6.92 Å². The van der Waals surface area contributed by atoms with Crippen LogP contribution in [-0.4, -0.2) is 33.6 Å². The summed E-state index contributed by atoms with van der Waals surface area (Å²) in [5.74, 6) is -0.967. The number of anilines is 1. The summed E-state index contributed by atoms with van der Waals surface area (Å²) in [6.07, 6.45) is 0. The van der Waals surface area contributed by atoms with Crippen molar-refractivity contribution in [3.05, 3.63) is 90.3 Å². The van der Waals surface area contributed by atoms with Gasteiger partial charge in [0.1, 0.15) is 18.0 Å². The number of benzene rings is 3. The molecule has 0 aliphatic rings. The summed E-state index contributed by atoms with van der Waals surface area (Å²) >= 11 is 0.